The molecule has 2 saturated heterocycles. The first-order valence-electron chi connectivity index (χ1n) is 14.6. The van der Waals surface area contributed by atoms with Gasteiger partial charge in [0, 0.05) is 24.3 Å². The van der Waals surface area contributed by atoms with Crippen LogP contribution in [0.25, 0.3) is 0 Å². The normalized spacial score (nSPS) is 17.2. The number of carbonyl (C=O) groups is 5. The van der Waals surface area contributed by atoms with Crippen molar-refractivity contribution < 1.29 is 33.4 Å². The number of hydrogen-bond donors (Lipinski definition) is 2. The lowest BCUT2D eigenvalue weighted by molar-refractivity contribution is -0.129. The minimum absolute atomic E-state index is 0. The molecular weight excluding hydrogens is 645 g/mol. The molecule has 0 radical (unpaired) electrons. The summed E-state index contributed by atoms with van der Waals surface area (Å²) < 4.78 is 11.2. The number of anilines is 2. The van der Waals surface area contributed by atoms with Crippen molar-refractivity contribution in [3.8, 4) is 0 Å². The number of thiophene rings is 1. The zero-order chi connectivity index (χ0) is 31.8. The van der Waals surface area contributed by atoms with Crippen LogP contribution in [0.3, 0.4) is 0 Å². The molecule has 12 nitrogen and oxygen atoms in total. The van der Waals surface area contributed by atoms with Crippen molar-refractivity contribution in [3.63, 3.8) is 0 Å². The van der Waals surface area contributed by atoms with E-state index in [2.05, 4.69) is 5.32 Å². The lowest BCUT2D eigenvalue weighted by Gasteiger charge is -2.27. The molecule has 0 spiro atoms. The molecule has 45 heavy (non-hydrogen) atoms. The van der Waals surface area contributed by atoms with Crippen molar-refractivity contribution >= 4 is 76.4 Å². The fraction of sp³-hybridized carbons (Fsp3) is 0.500. The van der Waals surface area contributed by atoms with Gasteiger partial charge in [-0.1, -0.05) is 25.4 Å². The maximum atomic E-state index is 13.4. The Bertz CT molecular complexity index is 1360. The van der Waals surface area contributed by atoms with E-state index < -0.39 is 36.0 Å². The molecule has 1 aromatic carbocycles. The fourth-order valence-electron chi connectivity index (χ4n) is 5.08. The summed E-state index contributed by atoms with van der Waals surface area (Å²) in [6.07, 6.45) is 0.432. The van der Waals surface area contributed by atoms with Crippen LogP contribution in [0.4, 0.5) is 16.2 Å². The molecule has 246 valence electrons. The number of amides is 5. The van der Waals surface area contributed by atoms with Gasteiger partial charge in [-0.3, -0.25) is 29.0 Å². The zero-order valence-corrected chi connectivity index (χ0v) is 27.6. The van der Waals surface area contributed by atoms with Gasteiger partial charge in [0.15, 0.2) is 0 Å². The Morgan fingerprint density at radius 3 is 2.38 bits per heavy atom. The van der Waals surface area contributed by atoms with Crippen LogP contribution in [0, 0.1) is 5.92 Å². The minimum atomic E-state index is -0.750. The van der Waals surface area contributed by atoms with E-state index in [-0.39, 0.29) is 44.4 Å². The average molecular weight is 685 g/mol. The number of primary amides is 1. The van der Waals surface area contributed by atoms with Crippen molar-refractivity contribution in [1.82, 2.24) is 10.2 Å². The van der Waals surface area contributed by atoms with Gasteiger partial charge in [-0.25, -0.2) is 4.79 Å². The smallest absolute Gasteiger partial charge is 0.414 e. The summed E-state index contributed by atoms with van der Waals surface area (Å²) in [5, 5.41) is 3.15. The molecule has 2 atom stereocenters. The maximum Gasteiger partial charge on any atom is 0.414 e. The Labute approximate surface area is 277 Å². The molecule has 0 bridgehead atoms. The van der Waals surface area contributed by atoms with Crippen LogP contribution in [0.2, 0.25) is 4.34 Å². The van der Waals surface area contributed by atoms with Gasteiger partial charge in [-0.15, -0.1) is 23.7 Å². The topological polar surface area (TPSA) is 152 Å². The van der Waals surface area contributed by atoms with Gasteiger partial charge in [0.05, 0.1) is 35.0 Å². The number of morpholine rings is 1. The quantitative estimate of drug-likeness (QED) is 0.285. The number of nitrogens with two attached hydrogens (primary N) is 1. The Kier molecular flexibility index (Phi) is 13.6. The number of hydrogen-bond acceptors (Lipinski definition) is 9. The van der Waals surface area contributed by atoms with Gasteiger partial charge in [-0.2, -0.15) is 0 Å². The largest absolute Gasteiger partial charge is 0.442 e. The van der Waals surface area contributed by atoms with Crippen molar-refractivity contribution in [2.24, 2.45) is 11.7 Å². The number of imide groups is 1. The molecule has 0 saturated carbocycles. The molecule has 3 N–H and O–H groups in total. The van der Waals surface area contributed by atoms with Crippen LogP contribution in [0.5, 0.6) is 0 Å². The van der Waals surface area contributed by atoms with E-state index in [1.165, 1.54) is 4.90 Å². The summed E-state index contributed by atoms with van der Waals surface area (Å²) in [6, 6.07) is 9.66. The molecule has 0 aliphatic carbocycles. The van der Waals surface area contributed by atoms with Crippen molar-refractivity contribution in [2.45, 2.75) is 51.7 Å². The molecule has 15 heteroatoms. The van der Waals surface area contributed by atoms with Crippen LogP contribution in [0.15, 0.2) is 36.4 Å². The first-order valence-corrected chi connectivity index (χ1v) is 15.8. The monoisotopic (exact) mass is 683 g/mol. The number of benzene rings is 1. The van der Waals surface area contributed by atoms with E-state index in [0.29, 0.717) is 65.5 Å². The van der Waals surface area contributed by atoms with Crippen LogP contribution in [0.1, 0.15) is 49.2 Å². The number of cyclic esters (lactones) is 1. The van der Waals surface area contributed by atoms with E-state index in [0.717, 1.165) is 16.2 Å². The number of nitrogens with zero attached hydrogens (tertiary/aromatic N) is 3. The van der Waals surface area contributed by atoms with Gasteiger partial charge in [0.2, 0.25) is 11.8 Å². The molecule has 4 rings (SSSR count). The first-order chi connectivity index (χ1) is 21.0. The summed E-state index contributed by atoms with van der Waals surface area (Å²) in [6.45, 7) is 5.45. The zero-order valence-electron chi connectivity index (χ0n) is 25.2. The Morgan fingerprint density at radius 1 is 1.09 bits per heavy atom. The highest BCUT2D eigenvalue weighted by Gasteiger charge is 2.36. The van der Waals surface area contributed by atoms with E-state index in [1.54, 1.807) is 41.3 Å². The summed E-state index contributed by atoms with van der Waals surface area (Å²) in [5.41, 5.74) is 6.75. The standard InChI is InChI=1S/C30H38ClN5O7S.ClH/c1-19(2)15-23(28(32)39)33-12-4-3-5-26(37)36(29(40)24-10-11-25(31)44-24)17-22-16-35(30(41)43-22)21-8-6-20(7-9-21)34-13-14-42-18-27(34)38;/h6-11,19,22-23,33H,3-5,12-18H2,1-2H3,(H2,32,39);1H/t22-,23+;/m1./s1. The summed E-state index contributed by atoms with van der Waals surface area (Å²) in [5.74, 6) is -1.16. The van der Waals surface area contributed by atoms with Crippen molar-refractivity contribution in [1.29, 1.82) is 0 Å². The predicted octanol–water partition coefficient (Wildman–Crippen LogP) is 3.84. The third-order valence-corrected chi connectivity index (χ3v) is 8.53. The third-order valence-electron chi connectivity index (χ3n) is 7.31. The molecule has 1 aromatic heterocycles. The molecule has 3 heterocycles. The number of rotatable bonds is 14. The molecule has 2 aliphatic heterocycles. The van der Waals surface area contributed by atoms with Gasteiger partial charge >= 0.3 is 6.09 Å². The van der Waals surface area contributed by atoms with Crippen LogP contribution in [-0.2, 0) is 23.9 Å². The number of nitrogens with one attached hydrogen (secondary N) is 1. The highest BCUT2D eigenvalue weighted by molar-refractivity contribution is 7.18. The number of unbranched alkanes of at least 4 members (excludes halogenated alkanes) is 1. The van der Waals surface area contributed by atoms with Crippen molar-refractivity contribution in [2.75, 3.05) is 49.2 Å². The number of ether oxygens (including phenoxy) is 2. The van der Waals surface area contributed by atoms with Crippen LogP contribution in [-0.4, -0.2) is 86.2 Å². The van der Waals surface area contributed by atoms with E-state index >= 15 is 0 Å². The second-order valence-corrected chi connectivity index (χ2v) is 12.9. The fourth-order valence-corrected chi connectivity index (χ4v) is 6.07. The van der Waals surface area contributed by atoms with Gasteiger partial charge in [0.25, 0.3) is 11.8 Å². The molecule has 2 fully saturated rings. The Hall–Kier alpha value is -3.23. The van der Waals surface area contributed by atoms with Gasteiger partial charge in [-0.05, 0) is 68.1 Å². The lowest BCUT2D eigenvalue weighted by Crippen LogP contribution is -2.43. The first kappa shape index (κ1) is 36.2. The average Bonchev–Trinajstić information content (AvgIpc) is 3.59. The second kappa shape index (κ2) is 16.9. The highest BCUT2D eigenvalue weighted by atomic mass is 35.5. The Morgan fingerprint density at radius 2 is 1.78 bits per heavy atom. The lowest BCUT2D eigenvalue weighted by atomic mass is 10.0. The van der Waals surface area contributed by atoms with Crippen molar-refractivity contribution in [3.05, 3.63) is 45.6 Å². The third kappa shape index (κ3) is 9.88. The molecule has 2 aromatic rings. The molecule has 2 aliphatic rings. The van der Waals surface area contributed by atoms with Crippen LogP contribution < -0.4 is 20.9 Å². The second-order valence-electron chi connectivity index (χ2n) is 11.1. The highest BCUT2D eigenvalue weighted by Crippen LogP contribution is 2.27. The van der Waals surface area contributed by atoms with Gasteiger partial charge < -0.3 is 25.4 Å². The Balaban J connectivity index is 0.00000552. The maximum absolute atomic E-state index is 13.4. The minimum Gasteiger partial charge on any atom is -0.442 e. The van der Waals surface area contributed by atoms with E-state index in [9.17, 15) is 24.0 Å². The van der Waals surface area contributed by atoms with E-state index in [1.807, 2.05) is 13.8 Å². The van der Waals surface area contributed by atoms with E-state index in [4.69, 9.17) is 26.8 Å². The van der Waals surface area contributed by atoms with Crippen LogP contribution >= 0.6 is 35.3 Å². The molecule has 5 amide bonds. The summed E-state index contributed by atoms with van der Waals surface area (Å²) in [4.78, 5) is 67.9. The number of halogens is 2. The molecular formula is C30H39Cl2N5O7S. The molecule has 0 unspecified atom stereocenters. The predicted molar refractivity (Wildman–Crippen MR) is 174 cm³/mol. The SMILES string of the molecule is CC(C)C[C@H](NCCCCC(=O)N(C[C@H]1CN(c2ccc(N3CCOCC3=O)cc2)C(=O)O1)C(=O)c1ccc(Cl)s1)C(N)=O.Cl. The summed E-state index contributed by atoms with van der Waals surface area (Å²) >= 11 is 7.12. The summed E-state index contributed by atoms with van der Waals surface area (Å²) in [7, 11) is 0. The van der Waals surface area contributed by atoms with Gasteiger partial charge in [0.1, 0.15) is 12.7 Å². The number of carbonyl (C=O) groups excluding carboxylic acids is 5.